The van der Waals surface area contributed by atoms with E-state index in [0.29, 0.717) is 6.42 Å². The summed E-state index contributed by atoms with van der Waals surface area (Å²) in [6.45, 7) is 14.9. The molecule has 96 valence electrons. The van der Waals surface area contributed by atoms with Gasteiger partial charge < -0.3 is 5.84 Å². The molecule has 3 N–H and O–H groups in total. The van der Waals surface area contributed by atoms with Crippen molar-refractivity contribution in [2.75, 3.05) is 0 Å². The van der Waals surface area contributed by atoms with Crippen molar-refractivity contribution >= 4 is 5.84 Å². The molecule has 0 radical (unpaired) electrons. The van der Waals surface area contributed by atoms with Crippen LogP contribution in [0.5, 0.6) is 0 Å². The van der Waals surface area contributed by atoms with Gasteiger partial charge in [0.25, 0.3) is 0 Å². The van der Waals surface area contributed by atoms with Crippen LogP contribution in [0.1, 0.15) is 61.3 Å². The molecule has 0 aromatic heterocycles. The van der Waals surface area contributed by atoms with Gasteiger partial charge in [-0.1, -0.05) is 60.1 Å². The molecule has 0 amide bonds. The minimum absolute atomic E-state index is 0.0347. The molecule has 4 nitrogen and oxygen atoms in total. The maximum atomic E-state index is 7.56. The fraction of sp³-hybridized carbons (Fsp3) is 0.917. The van der Waals surface area contributed by atoms with Crippen LogP contribution >= 0.6 is 0 Å². The SMILES string of the molecule is CC.CCC(C)(C)C(C)(C)CC(=N)N=NN. The summed E-state index contributed by atoms with van der Waals surface area (Å²) in [5.41, 5.74) is 0.219. The van der Waals surface area contributed by atoms with Gasteiger partial charge in [0.1, 0.15) is 5.84 Å². The number of hydrogen-bond donors (Lipinski definition) is 2. The molecule has 0 fully saturated rings. The van der Waals surface area contributed by atoms with E-state index in [-0.39, 0.29) is 16.7 Å². The highest BCUT2D eigenvalue weighted by atomic mass is 15.3. The normalized spacial score (nSPS) is 12.2. The summed E-state index contributed by atoms with van der Waals surface area (Å²) in [5.74, 6) is 5.16. The lowest BCUT2D eigenvalue weighted by Gasteiger charge is -2.40. The van der Waals surface area contributed by atoms with Gasteiger partial charge in [0.15, 0.2) is 0 Å². The van der Waals surface area contributed by atoms with E-state index in [1.807, 2.05) is 13.8 Å². The number of hydrogen-bond acceptors (Lipinski definition) is 2. The molecule has 0 aromatic rings. The van der Waals surface area contributed by atoms with Crippen LogP contribution in [0.4, 0.5) is 0 Å². The van der Waals surface area contributed by atoms with Crippen LogP contribution in [0.15, 0.2) is 10.3 Å². The van der Waals surface area contributed by atoms with E-state index >= 15 is 0 Å². The summed E-state index contributed by atoms with van der Waals surface area (Å²) < 4.78 is 0. The minimum Gasteiger partial charge on any atom is -0.305 e. The number of rotatable bonds is 4. The average Bonchev–Trinajstić information content (AvgIpc) is 2.20. The van der Waals surface area contributed by atoms with E-state index in [1.54, 1.807) is 0 Å². The van der Waals surface area contributed by atoms with E-state index in [0.717, 1.165) is 6.42 Å². The van der Waals surface area contributed by atoms with Gasteiger partial charge in [-0.05, 0) is 10.8 Å². The Labute approximate surface area is 100 Å². The molecule has 0 bridgehead atoms. The van der Waals surface area contributed by atoms with Gasteiger partial charge in [-0.15, -0.1) is 5.11 Å². The molecular weight excluding hydrogens is 200 g/mol. The van der Waals surface area contributed by atoms with Gasteiger partial charge >= 0.3 is 0 Å². The highest BCUT2D eigenvalue weighted by molar-refractivity contribution is 5.79. The van der Waals surface area contributed by atoms with Crippen molar-refractivity contribution in [3.05, 3.63) is 0 Å². The predicted molar refractivity (Wildman–Crippen MR) is 70.6 cm³/mol. The second-order valence-electron chi connectivity index (χ2n) is 4.96. The lowest BCUT2D eigenvalue weighted by atomic mass is 9.64. The Bertz CT molecular complexity index is 229. The Morgan fingerprint density at radius 3 is 1.88 bits per heavy atom. The van der Waals surface area contributed by atoms with E-state index in [9.17, 15) is 0 Å². The molecule has 4 heteroatoms. The molecule has 0 saturated heterocycles. The van der Waals surface area contributed by atoms with Crippen LogP contribution in [-0.2, 0) is 0 Å². The summed E-state index contributed by atoms with van der Waals surface area (Å²) in [7, 11) is 0. The van der Waals surface area contributed by atoms with Crippen molar-refractivity contribution in [2.45, 2.75) is 61.3 Å². The smallest absolute Gasteiger partial charge is 0.145 e. The zero-order chi connectivity index (χ0) is 13.4. The van der Waals surface area contributed by atoms with Crippen molar-refractivity contribution in [1.29, 1.82) is 5.41 Å². The molecule has 0 aliphatic carbocycles. The molecule has 0 unspecified atom stereocenters. The van der Waals surface area contributed by atoms with Crippen LogP contribution in [0.3, 0.4) is 0 Å². The molecule has 16 heavy (non-hydrogen) atoms. The molecule has 0 saturated carbocycles. The van der Waals surface area contributed by atoms with Gasteiger partial charge in [0.2, 0.25) is 0 Å². The first-order chi connectivity index (χ1) is 7.27. The van der Waals surface area contributed by atoms with Crippen LogP contribution in [0.2, 0.25) is 0 Å². The first-order valence-corrected chi connectivity index (χ1v) is 5.95. The highest BCUT2D eigenvalue weighted by Gasteiger charge is 2.36. The summed E-state index contributed by atoms with van der Waals surface area (Å²) in [6.07, 6.45) is 1.68. The second-order valence-corrected chi connectivity index (χ2v) is 4.96. The summed E-state index contributed by atoms with van der Waals surface area (Å²) >= 11 is 0. The van der Waals surface area contributed by atoms with Gasteiger partial charge in [0.05, 0.1) is 0 Å². The Morgan fingerprint density at radius 2 is 1.56 bits per heavy atom. The zero-order valence-corrected chi connectivity index (χ0v) is 11.9. The van der Waals surface area contributed by atoms with Crippen LogP contribution in [0.25, 0.3) is 0 Å². The van der Waals surface area contributed by atoms with Crippen molar-refractivity contribution in [3.63, 3.8) is 0 Å². The van der Waals surface area contributed by atoms with Crippen molar-refractivity contribution in [1.82, 2.24) is 0 Å². The van der Waals surface area contributed by atoms with Crippen molar-refractivity contribution in [2.24, 2.45) is 27.0 Å². The monoisotopic (exact) mass is 228 g/mol. The van der Waals surface area contributed by atoms with E-state index in [1.165, 1.54) is 0 Å². The lowest BCUT2D eigenvalue weighted by molar-refractivity contribution is 0.112. The summed E-state index contributed by atoms with van der Waals surface area (Å²) in [5, 5.41) is 14.2. The Kier molecular flexibility index (Phi) is 8.03. The molecule has 0 atom stereocenters. The molecule has 0 aromatic carbocycles. The van der Waals surface area contributed by atoms with E-state index in [4.69, 9.17) is 11.3 Å². The number of nitrogens with two attached hydrogens (primary N) is 1. The van der Waals surface area contributed by atoms with Gasteiger partial charge in [-0.3, -0.25) is 5.41 Å². The molecule has 0 heterocycles. The molecule has 0 spiro atoms. The topological polar surface area (TPSA) is 74.6 Å². The molecule has 0 aliphatic rings. The van der Waals surface area contributed by atoms with Crippen LogP contribution in [-0.4, -0.2) is 5.84 Å². The summed E-state index contributed by atoms with van der Waals surface area (Å²) in [4.78, 5) is 0. The van der Waals surface area contributed by atoms with Crippen molar-refractivity contribution in [3.8, 4) is 0 Å². The Balaban J connectivity index is 0. The van der Waals surface area contributed by atoms with E-state index < -0.39 is 0 Å². The maximum absolute atomic E-state index is 7.56. The van der Waals surface area contributed by atoms with Gasteiger partial charge in [-0.25, -0.2) is 0 Å². The third kappa shape index (κ3) is 5.24. The van der Waals surface area contributed by atoms with Crippen LogP contribution in [0, 0.1) is 16.2 Å². The maximum Gasteiger partial charge on any atom is 0.145 e. The first-order valence-electron chi connectivity index (χ1n) is 5.95. The minimum atomic E-state index is 0.0347. The average molecular weight is 228 g/mol. The molecule has 0 aliphatic heterocycles. The lowest BCUT2D eigenvalue weighted by Crippen LogP contribution is -2.33. The Morgan fingerprint density at radius 1 is 1.12 bits per heavy atom. The number of nitrogens with zero attached hydrogens (tertiary/aromatic N) is 2. The number of nitrogens with one attached hydrogen (secondary N) is 1. The van der Waals surface area contributed by atoms with Gasteiger partial charge in [0, 0.05) is 6.42 Å². The molecule has 0 rings (SSSR count). The highest BCUT2D eigenvalue weighted by Crippen LogP contribution is 2.43. The predicted octanol–water partition coefficient (Wildman–Crippen LogP) is 4.17. The first kappa shape index (κ1) is 17.5. The standard InChI is InChI=1S/C10H22N4.C2H6/c1-6-9(2,3)10(4,5)7-8(11)13-14-12;1-2/h6-7H2,1-5H3,(H3,11,12,13);1-2H3. The third-order valence-corrected chi connectivity index (χ3v) is 3.50. The Hall–Kier alpha value is -0.930. The van der Waals surface area contributed by atoms with Crippen molar-refractivity contribution < 1.29 is 0 Å². The largest absolute Gasteiger partial charge is 0.305 e. The summed E-state index contributed by atoms with van der Waals surface area (Å²) in [6, 6.07) is 0. The van der Waals surface area contributed by atoms with E-state index in [2.05, 4.69) is 45.0 Å². The number of amidine groups is 1. The van der Waals surface area contributed by atoms with Crippen LogP contribution < -0.4 is 5.84 Å². The zero-order valence-electron chi connectivity index (χ0n) is 11.9. The quantitative estimate of drug-likeness (QED) is 0.245. The van der Waals surface area contributed by atoms with Gasteiger partial charge in [-0.2, -0.15) is 0 Å². The third-order valence-electron chi connectivity index (χ3n) is 3.50. The molecular formula is C12H28N4. The second kappa shape index (κ2) is 7.36. The fourth-order valence-electron chi connectivity index (χ4n) is 1.24. The fourth-order valence-corrected chi connectivity index (χ4v) is 1.24.